The van der Waals surface area contributed by atoms with Crippen LogP contribution in [0.15, 0.2) is 24.3 Å². The van der Waals surface area contributed by atoms with Crippen LogP contribution in [0.3, 0.4) is 0 Å². The van der Waals surface area contributed by atoms with Crippen molar-refractivity contribution in [2.75, 3.05) is 6.61 Å². The lowest BCUT2D eigenvalue weighted by molar-refractivity contribution is -0.148. The van der Waals surface area contributed by atoms with Crippen molar-refractivity contribution in [2.24, 2.45) is 5.73 Å². The lowest BCUT2D eigenvalue weighted by Gasteiger charge is -2.17. The topological polar surface area (TPSA) is 81.4 Å². The highest BCUT2D eigenvalue weighted by molar-refractivity contribution is 6.31. The molecule has 0 heterocycles. The van der Waals surface area contributed by atoms with Gasteiger partial charge in [-0.25, -0.2) is 4.79 Å². The zero-order valence-corrected chi connectivity index (χ0v) is 12.3. The van der Waals surface area contributed by atoms with E-state index < -0.39 is 17.9 Å². The molecule has 5 nitrogen and oxygen atoms in total. The number of ether oxygens (including phenoxy) is 1. The fraction of sp³-hybridized carbons (Fsp3) is 0.429. The number of halogens is 1. The van der Waals surface area contributed by atoms with E-state index >= 15 is 0 Å². The molecule has 2 atom stereocenters. The van der Waals surface area contributed by atoms with Crippen LogP contribution in [0, 0.1) is 0 Å². The van der Waals surface area contributed by atoms with Crippen LogP contribution >= 0.6 is 11.6 Å². The number of hydrogen-bond donors (Lipinski definition) is 2. The van der Waals surface area contributed by atoms with Crippen molar-refractivity contribution in [2.45, 2.75) is 32.4 Å². The normalized spacial score (nSPS) is 13.4. The summed E-state index contributed by atoms with van der Waals surface area (Å²) in [5.74, 6) is -1.28. The number of rotatable bonds is 6. The van der Waals surface area contributed by atoms with Crippen LogP contribution in [0.4, 0.5) is 0 Å². The summed E-state index contributed by atoms with van der Waals surface area (Å²) < 4.78 is 4.70. The Balaban J connectivity index is 2.54. The first-order valence-electron chi connectivity index (χ1n) is 6.41. The van der Waals surface area contributed by atoms with Gasteiger partial charge in [-0.15, -0.1) is 0 Å². The van der Waals surface area contributed by atoms with Gasteiger partial charge >= 0.3 is 5.97 Å². The van der Waals surface area contributed by atoms with Crippen LogP contribution in [-0.4, -0.2) is 30.6 Å². The van der Waals surface area contributed by atoms with Gasteiger partial charge in [-0.3, -0.25) is 4.79 Å². The molecule has 0 aliphatic carbocycles. The molecule has 0 aliphatic heterocycles. The molecule has 1 amide bonds. The summed E-state index contributed by atoms with van der Waals surface area (Å²) in [5.41, 5.74) is 6.43. The second-order valence-corrected chi connectivity index (χ2v) is 4.84. The summed E-state index contributed by atoms with van der Waals surface area (Å²) in [7, 11) is 0. The Bertz CT molecular complexity index is 479. The first-order valence-corrected chi connectivity index (χ1v) is 6.79. The van der Waals surface area contributed by atoms with Gasteiger partial charge in [0.15, 0.2) is 6.04 Å². The first kappa shape index (κ1) is 16.5. The van der Waals surface area contributed by atoms with Crippen molar-refractivity contribution in [1.29, 1.82) is 0 Å². The molecule has 1 aromatic rings. The van der Waals surface area contributed by atoms with Crippen molar-refractivity contribution in [3.8, 4) is 0 Å². The highest BCUT2D eigenvalue weighted by atomic mass is 35.5. The molecule has 0 radical (unpaired) electrons. The number of nitrogens with one attached hydrogen (secondary N) is 1. The Morgan fingerprint density at radius 2 is 2.05 bits per heavy atom. The van der Waals surface area contributed by atoms with Gasteiger partial charge in [0.05, 0.1) is 6.61 Å². The zero-order chi connectivity index (χ0) is 15.1. The molecule has 1 aromatic carbocycles. The molecular formula is C14H19ClN2O3. The first-order chi connectivity index (χ1) is 9.45. The smallest absolute Gasteiger partial charge is 0.332 e. The Hall–Kier alpha value is -1.59. The summed E-state index contributed by atoms with van der Waals surface area (Å²) in [6, 6.07) is 5.89. The molecular weight excluding hydrogens is 280 g/mol. The van der Waals surface area contributed by atoms with Crippen LogP contribution in [-0.2, 0) is 20.7 Å². The monoisotopic (exact) mass is 298 g/mol. The van der Waals surface area contributed by atoms with E-state index in [9.17, 15) is 9.59 Å². The fourth-order valence-corrected chi connectivity index (χ4v) is 1.93. The SMILES string of the molecule is CCOC(=O)C(N)C(=O)NC(C)Cc1ccccc1Cl. The average Bonchev–Trinajstić information content (AvgIpc) is 2.40. The number of benzene rings is 1. The van der Waals surface area contributed by atoms with Crippen LogP contribution < -0.4 is 11.1 Å². The number of hydrogen-bond acceptors (Lipinski definition) is 4. The molecule has 0 aliphatic rings. The van der Waals surface area contributed by atoms with E-state index in [0.717, 1.165) is 5.56 Å². The van der Waals surface area contributed by atoms with E-state index in [1.54, 1.807) is 13.0 Å². The molecule has 20 heavy (non-hydrogen) atoms. The predicted octanol–water partition coefficient (Wildman–Crippen LogP) is 1.28. The molecule has 0 saturated carbocycles. The molecule has 0 spiro atoms. The molecule has 110 valence electrons. The summed E-state index contributed by atoms with van der Waals surface area (Å²) in [5, 5.41) is 3.31. The standard InChI is InChI=1S/C14H19ClN2O3/c1-3-20-14(19)12(16)13(18)17-9(2)8-10-6-4-5-7-11(10)15/h4-7,9,12H,3,8,16H2,1-2H3,(H,17,18). The maximum Gasteiger partial charge on any atom is 0.332 e. The quantitative estimate of drug-likeness (QED) is 0.612. The van der Waals surface area contributed by atoms with E-state index in [1.165, 1.54) is 0 Å². The second kappa shape index (κ2) is 7.87. The minimum Gasteiger partial charge on any atom is -0.464 e. The van der Waals surface area contributed by atoms with Crippen molar-refractivity contribution in [3.05, 3.63) is 34.9 Å². The van der Waals surface area contributed by atoms with Gasteiger partial charge in [-0.05, 0) is 31.9 Å². The zero-order valence-electron chi connectivity index (χ0n) is 11.6. The van der Waals surface area contributed by atoms with Crippen LogP contribution in [0.1, 0.15) is 19.4 Å². The van der Waals surface area contributed by atoms with Crippen molar-refractivity contribution in [3.63, 3.8) is 0 Å². The Morgan fingerprint density at radius 3 is 2.65 bits per heavy atom. The maximum atomic E-state index is 11.8. The van der Waals surface area contributed by atoms with E-state index in [1.807, 2.05) is 25.1 Å². The van der Waals surface area contributed by atoms with Crippen LogP contribution in [0.25, 0.3) is 0 Å². The third kappa shape index (κ3) is 4.83. The van der Waals surface area contributed by atoms with Gasteiger partial charge in [0.1, 0.15) is 0 Å². The van der Waals surface area contributed by atoms with Crippen LogP contribution in [0.5, 0.6) is 0 Å². The minimum absolute atomic E-state index is 0.189. The number of esters is 1. The Labute approximate surface area is 123 Å². The number of carbonyl (C=O) groups excluding carboxylic acids is 2. The predicted molar refractivity (Wildman–Crippen MR) is 77.4 cm³/mol. The summed E-state index contributed by atoms with van der Waals surface area (Å²) >= 11 is 6.05. The van der Waals surface area contributed by atoms with Gasteiger partial charge in [-0.2, -0.15) is 0 Å². The Kier molecular flexibility index (Phi) is 6.48. The van der Waals surface area contributed by atoms with Crippen molar-refractivity contribution < 1.29 is 14.3 Å². The molecule has 0 fully saturated rings. The largest absolute Gasteiger partial charge is 0.464 e. The second-order valence-electron chi connectivity index (χ2n) is 4.43. The molecule has 2 unspecified atom stereocenters. The number of amides is 1. The molecule has 0 bridgehead atoms. The van der Waals surface area contributed by atoms with E-state index in [4.69, 9.17) is 22.1 Å². The summed E-state index contributed by atoms with van der Waals surface area (Å²) in [6.07, 6.45) is 0.557. The highest BCUT2D eigenvalue weighted by Gasteiger charge is 2.24. The maximum absolute atomic E-state index is 11.8. The van der Waals surface area contributed by atoms with E-state index in [-0.39, 0.29) is 12.6 Å². The molecule has 3 N–H and O–H groups in total. The fourth-order valence-electron chi connectivity index (χ4n) is 1.72. The molecule has 0 aromatic heterocycles. The van der Waals surface area contributed by atoms with Gasteiger partial charge in [0.25, 0.3) is 0 Å². The minimum atomic E-state index is -1.30. The summed E-state index contributed by atoms with van der Waals surface area (Å²) in [4.78, 5) is 23.1. The lowest BCUT2D eigenvalue weighted by atomic mass is 10.1. The van der Waals surface area contributed by atoms with Crippen molar-refractivity contribution >= 4 is 23.5 Å². The molecule has 0 saturated heterocycles. The number of carbonyl (C=O) groups is 2. The number of nitrogens with two attached hydrogens (primary N) is 1. The van der Waals surface area contributed by atoms with Gasteiger partial charge < -0.3 is 15.8 Å². The third-order valence-corrected chi connectivity index (χ3v) is 3.06. The van der Waals surface area contributed by atoms with Gasteiger partial charge in [0, 0.05) is 11.1 Å². The molecule has 6 heteroatoms. The Morgan fingerprint density at radius 1 is 1.40 bits per heavy atom. The molecule has 1 rings (SSSR count). The average molecular weight is 299 g/mol. The van der Waals surface area contributed by atoms with Crippen molar-refractivity contribution in [1.82, 2.24) is 5.32 Å². The third-order valence-electron chi connectivity index (χ3n) is 2.70. The highest BCUT2D eigenvalue weighted by Crippen LogP contribution is 2.16. The van der Waals surface area contributed by atoms with E-state index in [0.29, 0.717) is 11.4 Å². The van der Waals surface area contributed by atoms with Gasteiger partial charge in [0.2, 0.25) is 5.91 Å². The summed E-state index contributed by atoms with van der Waals surface area (Å²) in [6.45, 7) is 3.66. The lowest BCUT2D eigenvalue weighted by Crippen LogP contribution is -2.49. The van der Waals surface area contributed by atoms with E-state index in [2.05, 4.69) is 5.32 Å². The van der Waals surface area contributed by atoms with Crippen LogP contribution in [0.2, 0.25) is 5.02 Å². The van der Waals surface area contributed by atoms with Gasteiger partial charge in [-0.1, -0.05) is 29.8 Å².